The van der Waals surface area contributed by atoms with Crippen molar-refractivity contribution in [3.8, 4) is 11.1 Å². The number of alkyl halides is 3. The summed E-state index contributed by atoms with van der Waals surface area (Å²) >= 11 is -2.49. The Balaban J connectivity index is 2.42. The number of rotatable bonds is 4. The Morgan fingerprint density at radius 1 is 1.09 bits per heavy atom. The zero-order chi connectivity index (χ0) is 17.2. The molecule has 0 saturated heterocycles. The van der Waals surface area contributed by atoms with E-state index in [1.807, 2.05) is 4.72 Å². The fourth-order valence-corrected chi connectivity index (χ4v) is 2.26. The van der Waals surface area contributed by atoms with Crippen LogP contribution in [-0.2, 0) is 17.4 Å². The summed E-state index contributed by atoms with van der Waals surface area (Å²) in [6.07, 6.45) is -4.47. The zero-order valence-corrected chi connectivity index (χ0v) is 12.0. The molecule has 0 bridgehead atoms. The van der Waals surface area contributed by atoms with Crippen molar-refractivity contribution in [1.82, 2.24) is 0 Å². The van der Waals surface area contributed by atoms with Crippen molar-refractivity contribution in [2.45, 2.75) is 6.18 Å². The van der Waals surface area contributed by atoms with E-state index in [0.29, 0.717) is 11.1 Å². The first-order valence-electron chi connectivity index (χ1n) is 6.02. The van der Waals surface area contributed by atoms with Gasteiger partial charge in [-0.3, -0.25) is 19.4 Å². The van der Waals surface area contributed by atoms with Crippen LogP contribution < -0.4 is 4.72 Å². The average Bonchev–Trinajstić information content (AvgIpc) is 2.46. The number of anilines is 1. The number of nitrogens with one attached hydrogen (secondary N) is 1. The molecule has 0 aliphatic carbocycles. The summed E-state index contributed by atoms with van der Waals surface area (Å²) in [6.45, 7) is 0. The Labute approximate surface area is 130 Å². The maximum absolute atomic E-state index is 12.5. The third-order valence-electron chi connectivity index (χ3n) is 2.94. The lowest BCUT2D eigenvalue weighted by molar-refractivity contribution is -0.383. The molecule has 0 aliphatic rings. The van der Waals surface area contributed by atoms with Crippen LogP contribution in [0, 0.1) is 10.1 Å². The van der Waals surface area contributed by atoms with E-state index >= 15 is 0 Å². The maximum atomic E-state index is 12.5. The van der Waals surface area contributed by atoms with Gasteiger partial charge in [0.15, 0.2) is 0 Å². The number of halogens is 3. The lowest BCUT2D eigenvalue weighted by Crippen LogP contribution is -2.05. The fraction of sp³-hybridized carbons (Fsp3) is 0.0769. The first kappa shape index (κ1) is 16.9. The first-order valence-corrected chi connectivity index (χ1v) is 7.13. The lowest BCUT2D eigenvalue weighted by Gasteiger charge is -2.09. The molecule has 0 heterocycles. The molecule has 0 aliphatic heterocycles. The second-order valence-electron chi connectivity index (χ2n) is 4.42. The van der Waals surface area contributed by atoms with E-state index in [0.717, 1.165) is 18.2 Å². The zero-order valence-electron chi connectivity index (χ0n) is 11.2. The third-order valence-corrected chi connectivity index (χ3v) is 3.33. The first-order chi connectivity index (χ1) is 10.7. The van der Waals surface area contributed by atoms with Gasteiger partial charge >= 0.3 is 6.18 Å². The summed E-state index contributed by atoms with van der Waals surface area (Å²) in [5.74, 6) is 0. The van der Waals surface area contributed by atoms with Gasteiger partial charge in [0.2, 0.25) is 0 Å². The smallest absolute Gasteiger partial charge is 0.289 e. The number of hydrogen-bond donors (Lipinski definition) is 2. The van der Waals surface area contributed by atoms with E-state index < -0.39 is 33.6 Å². The van der Waals surface area contributed by atoms with Gasteiger partial charge in [-0.05, 0) is 29.3 Å². The highest BCUT2D eigenvalue weighted by Crippen LogP contribution is 2.33. The molecule has 2 aromatic carbocycles. The molecule has 2 rings (SSSR count). The molecule has 0 amide bonds. The average molecular weight is 346 g/mol. The maximum Gasteiger partial charge on any atom is 0.416 e. The highest BCUT2D eigenvalue weighted by molar-refractivity contribution is 7.80. The summed E-state index contributed by atoms with van der Waals surface area (Å²) in [5.41, 5.74) is -0.821. The molecule has 6 nitrogen and oxygen atoms in total. The normalized spacial score (nSPS) is 12.7. The molecule has 1 atom stereocenters. The van der Waals surface area contributed by atoms with Gasteiger partial charge in [0.05, 0.1) is 10.5 Å². The molecule has 0 saturated carbocycles. The quantitative estimate of drug-likeness (QED) is 0.500. The highest BCUT2D eigenvalue weighted by atomic mass is 32.2. The Morgan fingerprint density at radius 2 is 1.65 bits per heavy atom. The van der Waals surface area contributed by atoms with Crippen LogP contribution in [0.4, 0.5) is 24.5 Å². The van der Waals surface area contributed by atoms with Crippen molar-refractivity contribution in [1.29, 1.82) is 0 Å². The predicted octanol–water partition coefficient (Wildman–Crippen LogP) is 3.83. The van der Waals surface area contributed by atoms with Gasteiger partial charge in [-0.15, -0.1) is 0 Å². The fourth-order valence-electron chi connectivity index (χ4n) is 1.89. The van der Waals surface area contributed by atoms with Crippen molar-refractivity contribution in [2.75, 3.05) is 4.72 Å². The van der Waals surface area contributed by atoms with E-state index in [1.165, 1.54) is 24.3 Å². The standard InChI is InChI=1S/C13H9F3N2O4S/c14-13(15,16)10-4-1-8(2-5-10)9-3-6-11(17-23(21)22)12(7-9)18(19)20/h1-7,17H,(H,21,22). The molecule has 0 spiro atoms. The monoisotopic (exact) mass is 346 g/mol. The SMILES string of the molecule is O=[N+]([O-])c1cc(-c2ccc(C(F)(F)F)cc2)ccc1NS(=O)O. The minimum atomic E-state index is -4.47. The van der Waals surface area contributed by atoms with Gasteiger partial charge < -0.3 is 0 Å². The summed E-state index contributed by atoms with van der Waals surface area (Å²) in [7, 11) is 0. The Morgan fingerprint density at radius 3 is 2.13 bits per heavy atom. The van der Waals surface area contributed by atoms with Crippen LogP contribution in [0.5, 0.6) is 0 Å². The molecular weight excluding hydrogens is 337 g/mol. The Bertz CT molecular complexity index is 763. The van der Waals surface area contributed by atoms with Crippen LogP contribution >= 0.6 is 0 Å². The van der Waals surface area contributed by atoms with Gasteiger partial charge in [0.1, 0.15) is 5.69 Å². The topological polar surface area (TPSA) is 92.5 Å². The van der Waals surface area contributed by atoms with Gasteiger partial charge in [0, 0.05) is 6.07 Å². The van der Waals surface area contributed by atoms with Gasteiger partial charge in [-0.25, -0.2) is 4.21 Å². The number of nitro benzene ring substituents is 1. The Kier molecular flexibility index (Phi) is 4.66. The Hall–Kier alpha value is -2.46. The third kappa shape index (κ3) is 4.05. The summed E-state index contributed by atoms with van der Waals surface area (Å²) in [5, 5.41) is 11.0. The van der Waals surface area contributed by atoms with Crippen LogP contribution in [0.15, 0.2) is 42.5 Å². The lowest BCUT2D eigenvalue weighted by atomic mass is 10.0. The van der Waals surface area contributed by atoms with Gasteiger partial charge in [-0.1, -0.05) is 18.2 Å². The molecule has 0 radical (unpaired) electrons. The summed E-state index contributed by atoms with van der Waals surface area (Å²) in [4.78, 5) is 10.2. The molecule has 23 heavy (non-hydrogen) atoms. The van der Waals surface area contributed by atoms with Gasteiger partial charge in [0.25, 0.3) is 17.0 Å². The second kappa shape index (κ2) is 6.34. The van der Waals surface area contributed by atoms with Crippen molar-refractivity contribution in [3.05, 3.63) is 58.1 Å². The number of nitro groups is 1. The van der Waals surface area contributed by atoms with Crippen molar-refractivity contribution >= 4 is 22.6 Å². The van der Waals surface area contributed by atoms with Crippen LogP contribution in [-0.4, -0.2) is 13.7 Å². The minimum absolute atomic E-state index is 0.175. The molecule has 2 aromatic rings. The van der Waals surface area contributed by atoms with Crippen molar-refractivity contribution in [3.63, 3.8) is 0 Å². The molecule has 2 N–H and O–H groups in total. The van der Waals surface area contributed by atoms with Crippen LogP contribution in [0.3, 0.4) is 0 Å². The van der Waals surface area contributed by atoms with E-state index in [2.05, 4.69) is 0 Å². The molecule has 0 aromatic heterocycles. The number of nitrogens with zero attached hydrogens (tertiary/aromatic N) is 1. The van der Waals surface area contributed by atoms with E-state index in [4.69, 9.17) is 4.55 Å². The molecular formula is C13H9F3N2O4S. The number of benzene rings is 2. The molecule has 0 fully saturated rings. The molecule has 122 valence electrons. The minimum Gasteiger partial charge on any atom is -0.289 e. The van der Waals surface area contributed by atoms with E-state index in [9.17, 15) is 27.5 Å². The second-order valence-corrected chi connectivity index (χ2v) is 5.12. The summed E-state index contributed by atoms with van der Waals surface area (Å²) < 4.78 is 59.0. The van der Waals surface area contributed by atoms with Gasteiger partial charge in [-0.2, -0.15) is 13.2 Å². The van der Waals surface area contributed by atoms with Crippen molar-refractivity contribution < 1.29 is 26.9 Å². The number of hydrogen-bond acceptors (Lipinski definition) is 3. The van der Waals surface area contributed by atoms with Crippen LogP contribution in [0.1, 0.15) is 5.56 Å². The van der Waals surface area contributed by atoms with Crippen molar-refractivity contribution in [2.24, 2.45) is 0 Å². The van der Waals surface area contributed by atoms with E-state index in [-0.39, 0.29) is 5.69 Å². The van der Waals surface area contributed by atoms with E-state index in [1.54, 1.807) is 0 Å². The van der Waals surface area contributed by atoms with Crippen LogP contribution in [0.2, 0.25) is 0 Å². The molecule has 1 unspecified atom stereocenters. The predicted molar refractivity (Wildman–Crippen MR) is 77.9 cm³/mol. The largest absolute Gasteiger partial charge is 0.416 e. The highest BCUT2D eigenvalue weighted by Gasteiger charge is 2.30. The summed E-state index contributed by atoms with van der Waals surface area (Å²) in [6, 6.07) is 7.84. The van der Waals surface area contributed by atoms with Crippen LogP contribution in [0.25, 0.3) is 11.1 Å². The molecule has 10 heteroatoms.